The highest BCUT2D eigenvalue weighted by Crippen LogP contribution is 2.13. The Balaban J connectivity index is 1.40. The zero-order valence-corrected chi connectivity index (χ0v) is 14.1. The molecule has 2 aromatic heterocycles. The van der Waals surface area contributed by atoms with Crippen molar-refractivity contribution >= 4 is 17.5 Å². The lowest BCUT2D eigenvalue weighted by Crippen LogP contribution is -2.49. The monoisotopic (exact) mass is 335 g/mol. The van der Waals surface area contributed by atoms with Crippen LogP contribution in [0.4, 0.5) is 0 Å². The quantitative estimate of drug-likeness (QED) is 0.906. The summed E-state index contributed by atoms with van der Waals surface area (Å²) >= 11 is 5.86. The van der Waals surface area contributed by atoms with Crippen LogP contribution in [0.2, 0.25) is 5.02 Å². The molecule has 0 unspecified atom stereocenters. The van der Waals surface area contributed by atoms with Crippen LogP contribution in [0.3, 0.4) is 0 Å². The summed E-state index contributed by atoms with van der Waals surface area (Å²) in [4.78, 5) is 19.6. The summed E-state index contributed by atoms with van der Waals surface area (Å²) in [6.45, 7) is 4.44. The highest BCUT2D eigenvalue weighted by molar-refractivity contribution is 6.30. The van der Waals surface area contributed by atoms with E-state index in [-0.39, 0.29) is 5.91 Å². The summed E-state index contributed by atoms with van der Waals surface area (Å²) in [7, 11) is 1.94. The van der Waals surface area contributed by atoms with Crippen LogP contribution in [-0.4, -0.2) is 63.2 Å². The van der Waals surface area contributed by atoms with E-state index in [0.717, 1.165) is 45.6 Å². The van der Waals surface area contributed by atoms with E-state index in [1.807, 2.05) is 22.8 Å². The number of rotatable bonds is 5. The maximum Gasteiger partial charge on any atom is 0.270 e. The highest BCUT2D eigenvalue weighted by atomic mass is 35.5. The molecule has 1 N–H and O–H groups in total. The van der Waals surface area contributed by atoms with Gasteiger partial charge >= 0.3 is 0 Å². The molecule has 1 amide bonds. The van der Waals surface area contributed by atoms with Crippen LogP contribution >= 0.6 is 11.6 Å². The number of carbonyl (C=O) groups is 1. The molecule has 23 heavy (non-hydrogen) atoms. The summed E-state index contributed by atoms with van der Waals surface area (Å²) in [5, 5.41) is 4.76. The van der Waals surface area contributed by atoms with E-state index in [9.17, 15) is 4.79 Å². The summed E-state index contributed by atoms with van der Waals surface area (Å²) in [6.07, 6.45) is 7.81. The molecule has 1 fully saturated rings. The molecule has 0 spiro atoms. The Morgan fingerprint density at radius 1 is 1.35 bits per heavy atom. The number of nitrogens with one attached hydrogen (secondary N) is 1. The Morgan fingerprint density at radius 2 is 2.13 bits per heavy atom. The first-order valence-corrected chi connectivity index (χ1v) is 8.33. The minimum atomic E-state index is 0.0342. The van der Waals surface area contributed by atoms with Gasteiger partial charge in [0.2, 0.25) is 0 Å². The number of piperazine rings is 1. The first kappa shape index (κ1) is 16.1. The number of amides is 1. The Kier molecular flexibility index (Phi) is 5.03. The molecule has 6 nitrogen and oxygen atoms in total. The lowest BCUT2D eigenvalue weighted by molar-refractivity contribution is 0.0631. The molecule has 7 heteroatoms. The van der Waals surface area contributed by atoms with Gasteiger partial charge in [0.15, 0.2) is 0 Å². The lowest BCUT2D eigenvalue weighted by atomic mass is 10.2. The topological polar surface area (TPSA) is 57.2 Å². The Labute approximate surface area is 141 Å². The van der Waals surface area contributed by atoms with Gasteiger partial charge < -0.3 is 9.88 Å². The fraction of sp³-hybridized carbons (Fsp3) is 0.500. The van der Waals surface area contributed by atoms with E-state index in [1.54, 1.807) is 12.3 Å². The van der Waals surface area contributed by atoms with Gasteiger partial charge in [-0.15, -0.1) is 0 Å². The molecule has 124 valence electrons. The Hall–Kier alpha value is -1.79. The number of hydrogen-bond donors (Lipinski definition) is 1. The molecule has 0 atom stereocenters. The molecule has 1 aliphatic rings. The van der Waals surface area contributed by atoms with Gasteiger partial charge in [0.25, 0.3) is 5.91 Å². The smallest absolute Gasteiger partial charge is 0.270 e. The van der Waals surface area contributed by atoms with E-state index in [4.69, 9.17) is 11.6 Å². The van der Waals surface area contributed by atoms with E-state index in [0.29, 0.717) is 10.7 Å². The second-order valence-electron chi connectivity index (χ2n) is 5.99. The van der Waals surface area contributed by atoms with Crippen LogP contribution in [0.15, 0.2) is 24.7 Å². The van der Waals surface area contributed by atoms with Crippen LogP contribution < -0.4 is 0 Å². The number of H-pyrrole nitrogens is 1. The van der Waals surface area contributed by atoms with Gasteiger partial charge in [-0.05, 0) is 31.0 Å². The minimum Gasteiger partial charge on any atom is -0.356 e. The number of hydrogen-bond acceptors (Lipinski definition) is 3. The predicted molar refractivity (Wildman–Crippen MR) is 89.7 cm³/mol. The summed E-state index contributed by atoms with van der Waals surface area (Å²) in [6, 6.07) is 1.68. The second kappa shape index (κ2) is 7.19. The number of aromatic amines is 1. The molecular weight excluding hydrogens is 314 g/mol. The van der Waals surface area contributed by atoms with Crippen molar-refractivity contribution in [2.24, 2.45) is 7.05 Å². The third-order valence-corrected chi connectivity index (χ3v) is 4.45. The molecule has 0 aliphatic carbocycles. The standard InChI is InChI=1S/C16H22ClN5O/c1-20-12-13(10-19-20)3-2-4-21-5-7-22(8-6-21)16(23)15-9-14(17)11-18-15/h9-12,18H,2-8H2,1H3. The fourth-order valence-corrected chi connectivity index (χ4v) is 3.11. The third kappa shape index (κ3) is 4.14. The van der Waals surface area contributed by atoms with Crippen LogP contribution in [0.25, 0.3) is 0 Å². The van der Waals surface area contributed by atoms with Gasteiger partial charge in [0.05, 0.1) is 11.2 Å². The molecule has 2 aromatic rings. The zero-order chi connectivity index (χ0) is 16.2. The Morgan fingerprint density at radius 3 is 2.74 bits per heavy atom. The maximum atomic E-state index is 12.3. The molecule has 3 heterocycles. The highest BCUT2D eigenvalue weighted by Gasteiger charge is 2.22. The summed E-state index contributed by atoms with van der Waals surface area (Å²) in [5.41, 5.74) is 1.85. The number of halogens is 1. The van der Waals surface area contributed by atoms with Gasteiger partial charge in [-0.3, -0.25) is 14.4 Å². The van der Waals surface area contributed by atoms with Crippen LogP contribution in [0, 0.1) is 0 Å². The molecule has 0 saturated carbocycles. The lowest BCUT2D eigenvalue weighted by Gasteiger charge is -2.34. The van der Waals surface area contributed by atoms with Crippen molar-refractivity contribution in [3.63, 3.8) is 0 Å². The van der Waals surface area contributed by atoms with Gasteiger partial charge in [0, 0.05) is 45.6 Å². The maximum absolute atomic E-state index is 12.3. The van der Waals surface area contributed by atoms with Crippen molar-refractivity contribution in [3.8, 4) is 0 Å². The molecule has 1 aliphatic heterocycles. The van der Waals surface area contributed by atoms with Crippen molar-refractivity contribution < 1.29 is 4.79 Å². The Bertz CT molecular complexity index is 657. The normalized spacial score (nSPS) is 16.0. The van der Waals surface area contributed by atoms with Crippen LogP contribution in [0.5, 0.6) is 0 Å². The van der Waals surface area contributed by atoms with E-state index in [2.05, 4.69) is 21.2 Å². The fourth-order valence-electron chi connectivity index (χ4n) is 2.94. The van der Waals surface area contributed by atoms with E-state index in [1.165, 1.54) is 5.56 Å². The second-order valence-corrected chi connectivity index (χ2v) is 6.43. The van der Waals surface area contributed by atoms with Crippen molar-refractivity contribution in [1.82, 2.24) is 24.6 Å². The minimum absolute atomic E-state index is 0.0342. The molecular formula is C16H22ClN5O. The molecule has 3 rings (SSSR count). The average molecular weight is 336 g/mol. The van der Waals surface area contributed by atoms with Crippen molar-refractivity contribution in [3.05, 3.63) is 40.9 Å². The zero-order valence-electron chi connectivity index (χ0n) is 13.3. The van der Waals surface area contributed by atoms with E-state index >= 15 is 0 Å². The molecule has 0 radical (unpaired) electrons. The summed E-state index contributed by atoms with van der Waals surface area (Å²) in [5.74, 6) is 0.0342. The number of carbonyl (C=O) groups excluding carboxylic acids is 1. The third-order valence-electron chi connectivity index (χ3n) is 4.24. The number of nitrogens with zero attached hydrogens (tertiary/aromatic N) is 4. The molecule has 1 saturated heterocycles. The molecule has 0 bridgehead atoms. The first-order valence-electron chi connectivity index (χ1n) is 7.95. The average Bonchev–Trinajstić information content (AvgIpc) is 3.16. The largest absolute Gasteiger partial charge is 0.356 e. The number of aromatic nitrogens is 3. The van der Waals surface area contributed by atoms with Gasteiger partial charge in [-0.2, -0.15) is 5.10 Å². The summed E-state index contributed by atoms with van der Waals surface area (Å²) < 4.78 is 1.84. The SMILES string of the molecule is Cn1cc(CCCN2CCN(C(=O)c3cc(Cl)c[nH]3)CC2)cn1. The molecule has 0 aromatic carbocycles. The van der Waals surface area contributed by atoms with Gasteiger partial charge in [-0.1, -0.05) is 11.6 Å². The van der Waals surface area contributed by atoms with Gasteiger partial charge in [-0.25, -0.2) is 0 Å². The number of aryl methyl sites for hydroxylation is 2. The van der Waals surface area contributed by atoms with Crippen LogP contribution in [0.1, 0.15) is 22.5 Å². The van der Waals surface area contributed by atoms with Crippen molar-refractivity contribution in [1.29, 1.82) is 0 Å². The van der Waals surface area contributed by atoms with Gasteiger partial charge in [0.1, 0.15) is 5.69 Å². The first-order chi connectivity index (χ1) is 11.1. The van der Waals surface area contributed by atoms with Crippen molar-refractivity contribution in [2.45, 2.75) is 12.8 Å². The van der Waals surface area contributed by atoms with Crippen molar-refractivity contribution in [2.75, 3.05) is 32.7 Å². The predicted octanol–water partition coefficient (Wildman–Crippen LogP) is 1.79. The van der Waals surface area contributed by atoms with E-state index < -0.39 is 0 Å². The van der Waals surface area contributed by atoms with Crippen LogP contribution in [-0.2, 0) is 13.5 Å².